The van der Waals surface area contributed by atoms with Crippen LogP contribution in [0.2, 0.25) is 0 Å². The molecule has 0 saturated heterocycles. The van der Waals surface area contributed by atoms with Crippen LogP contribution in [0.5, 0.6) is 0 Å². The van der Waals surface area contributed by atoms with Crippen LogP contribution in [0.25, 0.3) is 0 Å². The van der Waals surface area contributed by atoms with E-state index in [1.54, 1.807) is 30.3 Å². The Kier molecular flexibility index (Phi) is 5.55. The second kappa shape index (κ2) is 8.44. The Morgan fingerprint density at radius 3 is 2.60 bits per heavy atom. The molecule has 0 aromatic heterocycles. The van der Waals surface area contributed by atoms with Gasteiger partial charge in [0.25, 0.3) is 5.91 Å². The number of carbonyl (C=O) groups excluding carboxylic acids is 1. The molecule has 0 saturated carbocycles. The van der Waals surface area contributed by atoms with Crippen molar-refractivity contribution in [3.63, 3.8) is 0 Å². The predicted octanol–water partition coefficient (Wildman–Crippen LogP) is 4.65. The molecule has 1 heterocycles. The molecule has 4 rings (SSSR count). The Morgan fingerprint density at radius 2 is 1.87 bits per heavy atom. The van der Waals surface area contributed by atoms with Crippen LogP contribution in [-0.4, -0.2) is 17.4 Å². The summed E-state index contributed by atoms with van der Waals surface area (Å²) in [6, 6.07) is 18.4. The number of rotatable bonds is 4. The average molecular weight is 403 g/mol. The smallest absolute Gasteiger partial charge is 0.255 e. The molecule has 0 radical (unpaired) electrons. The van der Waals surface area contributed by atoms with Gasteiger partial charge in [0.15, 0.2) is 11.6 Å². The van der Waals surface area contributed by atoms with Crippen molar-refractivity contribution < 1.29 is 13.6 Å². The standard InChI is InChI=1S/C24H19F2N3O/c25-22-9-6-17(12-23(22)26)14-29-11-10-20-18(15-29)2-1-3-21(20)24(30)28-19-7-4-16(13-27)5-8-19/h1-9,12H,10-11,14-15H2,(H,28,30). The molecule has 0 spiro atoms. The third-order valence-corrected chi connectivity index (χ3v) is 5.25. The first kappa shape index (κ1) is 19.7. The topological polar surface area (TPSA) is 56.1 Å². The third kappa shape index (κ3) is 4.22. The van der Waals surface area contributed by atoms with Crippen LogP contribution in [0.15, 0.2) is 60.7 Å². The lowest BCUT2D eigenvalue weighted by atomic mass is 9.93. The number of nitrogens with zero attached hydrogens (tertiary/aromatic N) is 2. The number of nitrogens with one attached hydrogen (secondary N) is 1. The lowest BCUT2D eigenvalue weighted by molar-refractivity contribution is 0.102. The van der Waals surface area contributed by atoms with E-state index in [4.69, 9.17) is 5.26 Å². The van der Waals surface area contributed by atoms with Crippen LogP contribution in [0.3, 0.4) is 0 Å². The van der Waals surface area contributed by atoms with Crippen molar-refractivity contribution in [3.8, 4) is 6.07 Å². The average Bonchev–Trinajstić information content (AvgIpc) is 2.76. The minimum Gasteiger partial charge on any atom is -0.322 e. The van der Waals surface area contributed by atoms with E-state index in [0.29, 0.717) is 48.4 Å². The maximum atomic E-state index is 13.5. The minimum atomic E-state index is -0.847. The summed E-state index contributed by atoms with van der Waals surface area (Å²) in [4.78, 5) is 15.0. The molecule has 1 amide bonds. The molecule has 1 aliphatic rings. The summed E-state index contributed by atoms with van der Waals surface area (Å²) in [5.41, 5.74) is 4.57. The maximum absolute atomic E-state index is 13.5. The third-order valence-electron chi connectivity index (χ3n) is 5.25. The molecule has 1 aliphatic heterocycles. The van der Waals surface area contributed by atoms with Gasteiger partial charge in [-0.2, -0.15) is 5.26 Å². The van der Waals surface area contributed by atoms with E-state index in [9.17, 15) is 13.6 Å². The molecule has 0 aliphatic carbocycles. The quantitative estimate of drug-likeness (QED) is 0.690. The van der Waals surface area contributed by atoms with Crippen LogP contribution < -0.4 is 5.32 Å². The van der Waals surface area contributed by atoms with E-state index in [1.165, 1.54) is 6.07 Å². The monoisotopic (exact) mass is 403 g/mol. The summed E-state index contributed by atoms with van der Waals surface area (Å²) in [7, 11) is 0. The van der Waals surface area contributed by atoms with Gasteiger partial charge in [0.05, 0.1) is 11.6 Å². The number of benzene rings is 3. The van der Waals surface area contributed by atoms with Gasteiger partial charge in [-0.15, -0.1) is 0 Å². The number of anilines is 1. The number of amides is 1. The van der Waals surface area contributed by atoms with Gasteiger partial charge in [0.1, 0.15) is 0 Å². The highest BCUT2D eigenvalue weighted by atomic mass is 19.2. The molecule has 4 nitrogen and oxygen atoms in total. The highest BCUT2D eigenvalue weighted by Crippen LogP contribution is 2.25. The van der Waals surface area contributed by atoms with Crippen molar-refractivity contribution in [2.75, 3.05) is 11.9 Å². The number of nitriles is 1. The van der Waals surface area contributed by atoms with Crippen molar-refractivity contribution in [3.05, 3.63) is 100 Å². The Balaban J connectivity index is 1.48. The van der Waals surface area contributed by atoms with E-state index < -0.39 is 11.6 Å². The molecule has 0 fully saturated rings. The van der Waals surface area contributed by atoms with Gasteiger partial charge in [-0.25, -0.2) is 8.78 Å². The number of fused-ring (bicyclic) bond motifs is 1. The van der Waals surface area contributed by atoms with Crippen molar-refractivity contribution >= 4 is 11.6 Å². The molecule has 0 bridgehead atoms. The van der Waals surface area contributed by atoms with Gasteiger partial charge < -0.3 is 5.32 Å². The van der Waals surface area contributed by atoms with Crippen molar-refractivity contribution in [2.24, 2.45) is 0 Å². The van der Waals surface area contributed by atoms with Gasteiger partial charge >= 0.3 is 0 Å². The second-order valence-electron chi connectivity index (χ2n) is 7.30. The second-order valence-corrected chi connectivity index (χ2v) is 7.30. The zero-order chi connectivity index (χ0) is 21.1. The highest BCUT2D eigenvalue weighted by molar-refractivity contribution is 6.05. The molecule has 0 atom stereocenters. The SMILES string of the molecule is N#Cc1ccc(NC(=O)c2cccc3c2CCN(Cc2ccc(F)c(F)c2)C3)cc1. The Bertz CT molecular complexity index is 1140. The maximum Gasteiger partial charge on any atom is 0.255 e. The van der Waals surface area contributed by atoms with Crippen LogP contribution in [0, 0.1) is 23.0 Å². The molecule has 0 unspecified atom stereocenters. The summed E-state index contributed by atoms with van der Waals surface area (Å²) in [6.07, 6.45) is 0.690. The zero-order valence-corrected chi connectivity index (χ0v) is 16.2. The minimum absolute atomic E-state index is 0.189. The predicted molar refractivity (Wildman–Crippen MR) is 110 cm³/mol. The molecule has 1 N–H and O–H groups in total. The van der Waals surface area contributed by atoms with Crippen LogP contribution in [0.4, 0.5) is 14.5 Å². The first-order chi connectivity index (χ1) is 14.5. The Morgan fingerprint density at radius 1 is 1.07 bits per heavy atom. The number of carbonyl (C=O) groups is 1. The molecule has 3 aromatic carbocycles. The van der Waals surface area contributed by atoms with Crippen molar-refractivity contribution in [1.82, 2.24) is 4.90 Å². The van der Waals surface area contributed by atoms with Crippen LogP contribution >= 0.6 is 0 Å². The summed E-state index contributed by atoms with van der Waals surface area (Å²) in [6.45, 7) is 1.86. The highest BCUT2D eigenvalue weighted by Gasteiger charge is 2.22. The van der Waals surface area contributed by atoms with Gasteiger partial charge in [0, 0.05) is 30.9 Å². The zero-order valence-electron chi connectivity index (χ0n) is 16.2. The van der Waals surface area contributed by atoms with Crippen molar-refractivity contribution in [2.45, 2.75) is 19.5 Å². The van der Waals surface area contributed by atoms with E-state index in [1.807, 2.05) is 18.2 Å². The van der Waals surface area contributed by atoms with E-state index in [2.05, 4.69) is 16.3 Å². The van der Waals surface area contributed by atoms with Crippen LogP contribution in [-0.2, 0) is 19.5 Å². The molecule has 6 heteroatoms. The first-order valence-electron chi connectivity index (χ1n) is 9.62. The Hall–Kier alpha value is -3.56. The fourth-order valence-electron chi connectivity index (χ4n) is 3.74. The lowest BCUT2D eigenvalue weighted by Crippen LogP contribution is -2.31. The lowest BCUT2D eigenvalue weighted by Gasteiger charge is -2.30. The number of hydrogen-bond donors (Lipinski definition) is 1. The largest absolute Gasteiger partial charge is 0.322 e. The summed E-state index contributed by atoms with van der Waals surface area (Å²) < 4.78 is 26.6. The molecule has 30 heavy (non-hydrogen) atoms. The van der Waals surface area contributed by atoms with E-state index in [0.717, 1.165) is 17.2 Å². The van der Waals surface area contributed by atoms with Crippen molar-refractivity contribution in [1.29, 1.82) is 5.26 Å². The van der Waals surface area contributed by atoms with Crippen LogP contribution in [0.1, 0.15) is 32.6 Å². The summed E-state index contributed by atoms with van der Waals surface area (Å²) >= 11 is 0. The van der Waals surface area contributed by atoms with Gasteiger partial charge in [-0.1, -0.05) is 18.2 Å². The molecular formula is C24H19F2N3O. The molecule has 150 valence electrons. The number of hydrogen-bond acceptors (Lipinski definition) is 3. The van der Waals surface area contributed by atoms with Gasteiger partial charge in [-0.05, 0) is 65.6 Å². The molecular weight excluding hydrogens is 384 g/mol. The van der Waals surface area contributed by atoms with Gasteiger partial charge in [0.2, 0.25) is 0 Å². The normalized spacial score (nSPS) is 13.4. The van der Waals surface area contributed by atoms with E-state index >= 15 is 0 Å². The first-order valence-corrected chi connectivity index (χ1v) is 9.62. The summed E-state index contributed by atoms with van der Waals surface area (Å²) in [5, 5.41) is 11.8. The fraction of sp³-hybridized carbons (Fsp3) is 0.167. The summed E-state index contributed by atoms with van der Waals surface area (Å²) in [5.74, 6) is -1.88. The van der Waals surface area contributed by atoms with Gasteiger partial charge in [-0.3, -0.25) is 9.69 Å². The number of halogens is 2. The fourth-order valence-corrected chi connectivity index (χ4v) is 3.74. The molecule has 3 aromatic rings. The Labute approximate surface area is 173 Å². The van der Waals surface area contributed by atoms with E-state index in [-0.39, 0.29) is 5.91 Å².